The molecule has 0 rings (SSSR count). The molecule has 0 aliphatic carbocycles. The van der Waals surface area contributed by atoms with E-state index >= 15 is 0 Å². The van der Waals surface area contributed by atoms with Crippen LogP contribution in [-0.4, -0.2) is 38.1 Å². The fourth-order valence-corrected chi connectivity index (χ4v) is 2.96. The van der Waals surface area contributed by atoms with Crippen LogP contribution in [0.2, 0.25) is 0 Å². The lowest BCUT2D eigenvalue weighted by atomic mass is 10.2. The Morgan fingerprint density at radius 1 is 1.33 bits per heavy atom. The van der Waals surface area contributed by atoms with Crippen LogP contribution < -0.4 is 5.73 Å². The Balaban J connectivity index is 4.19. The van der Waals surface area contributed by atoms with Gasteiger partial charge in [0.15, 0.2) is 0 Å². The number of hydrogen-bond acceptors (Lipinski definition) is 3. The van der Waals surface area contributed by atoms with Crippen LogP contribution in [0.1, 0.15) is 39.5 Å². The van der Waals surface area contributed by atoms with Gasteiger partial charge in [0.25, 0.3) is 0 Å². The van der Waals surface area contributed by atoms with Crippen LogP contribution in [-0.2, 0) is 10.0 Å². The van der Waals surface area contributed by atoms with Gasteiger partial charge in [0, 0.05) is 13.1 Å². The van der Waals surface area contributed by atoms with Crippen LogP contribution in [0.15, 0.2) is 0 Å². The summed E-state index contributed by atoms with van der Waals surface area (Å²) < 4.78 is 25.1. The van der Waals surface area contributed by atoms with Crippen molar-refractivity contribution in [3.05, 3.63) is 0 Å². The fourth-order valence-electron chi connectivity index (χ4n) is 1.45. The molecule has 92 valence electrons. The lowest BCUT2D eigenvalue weighted by Gasteiger charge is -2.23. The summed E-state index contributed by atoms with van der Waals surface area (Å²) in [6, 6.07) is 0.0953. The lowest BCUT2D eigenvalue weighted by molar-refractivity contribution is 0.368. The standard InChI is InChI=1S/C10H24N2O2S/c1-4-7-10(2)12(3)15(13,14)9-6-5-8-11/h10H,4-9,11H2,1-3H3. The van der Waals surface area contributed by atoms with Crippen molar-refractivity contribution in [2.24, 2.45) is 5.73 Å². The first-order valence-corrected chi connectivity index (χ1v) is 7.22. The first-order valence-electron chi connectivity index (χ1n) is 5.61. The molecule has 0 radical (unpaired) electrons. The molecule has 5 heteroatoms. The number of nitrogens with two attached hydrogens (primary N) is 1. The quantitative estimate of drug-likeness (QED) is 0.644. The summed E-state index contributed by atoms with van der Waals surface area (Å²) in [4.78, 5) is 0. The van der Waals surface area contributed by atoms with E-state index in [-0.39, 0.29) is 11.8 Å². The number of hydrogen-bond donors (Lipinski definition) is 1. The van der Waals surface area contributed by atoms with Crippen LogP contribution in [0, 0.1) is 0 Å². The van der Waals surface area contributed by atoms with E-state index in [0.717, 1.165) is 19.3 Å². The normalized spacial score (nSPS) is 14.5. The molecule has 0 spiro atoms. The highest BCUT2D eigenvalue weighted by Crippen LogP contribution is 2.11. The molecule has 1 atom stereocenters. The summed E-state index contributed by atoms with van der Waals surface area (Å²) in [7, 11) is -1.41. The monoisotopic (exact) mass is 236 g/mol. The van der Waals surface area contributed by atoms with Gasteiger partial charge in [0.2, 0.25) is 10.0 Å². The van der Waals surface area contributed by atoms with E-state index in [0.29, 0.717) is 13.0 Å². The van der Waals surface area contributed by atoms with Crippen LogP contribution in [0.25, 0.3) is 0 Å². The van der Waals surface area contributed by atoms with Crippen LogP contribution >= 0.6 is 0 Å². The van der Waals surface area contributed by atoms with Gasteiger partial charge in [-0.1, -0.05) is 13.3 Å². The van der Waals surface area contributed by atoms with Gasteiger partial charge < -0.3 is 5.73 Å². The third kappa shape index (κ3) is 5.49. The lowest BCUT2D eigenvalue weighted by Crippen LogP contribution is -2.36. The Labute approximate surface area is 93.9 Å². The summed E-state index contributed by atoms with van der Waals surface area (Å²) in [5.41, 5.74) is 5.33. The molecule has 0 fully saturated rings. The third-order valence-electron chi connectivity index (χ3n) is 2.62. The van der Waals surface area contributed by atoms with E-state index < -0.39 is 10.0 Å². The Morgan fingerprint density at radius 3 is 2.40 bits per heavy atom. The zero-order valence-corrected chi connectivity index (χ0v) is 10.9. The Kier molecular flexibility index (Phi) is 7.13. The smallest absolute Gasteiger partial charge is 0.214 e. The summed E-state index contributed by atoms with van der Waals surface area (Å²) in [5.74, 6) is 0.217. The molecule has 0 aromatic heterocycles. The molecule has 0 saturated heterocycles. The average Bonchev–Trinajstić information content (AvgIpc) is 2.17. The minimum atomic E-state index is -3.08. The maximum absolute atomic E-state index is 11.8. The summed E-state index contributed by atoms with van der Waals surface area (Å²) in [5, 5.41) is 0. The van der Waals surface area contributed by atoms with Gasteiger partial charge in [-0.3, -0.25) is 0 Å². The van der Waals surface area contributed by atoms with Gasteiger partial charge in [-0.15, -0.1) is 0 Å². The molecule has 0 aromatic rings. The highest BCUT2D eigenvalue weighted by Gasteiger charge is 2.21. The predicted octanol–water partition coefficient (Wildman–Crippen LogP) is 1.18. The molecule has 1 unspecified atom stereocenters. The Bertz CT molecular complexity index is 252. The van der Waals surface area contributed by atoms with Crippen molar-refractivity contribution in [2.45, 2.75) is 45.6 Å². The van der Waals surface area contributed by atoms with Gasteiger partial charge in [0.1, 0.15) is 0 Å². The maximum atomic E-state index is 11.8. The van der Waals surface area contributed by atoms with Gasteiger partial charge in [-0.2, -0.15) is 0 Å². The van der Waals surface area contributed by atoms with Gasteiger partial charge in [-0.25, -0.2) is 12.7 Å². The SMILES string of the molecule is CCCC(C)N(C)S(=O)(=O)CCCCN. The summed E-state index contributed by atoms with van der Waals surface area (Å²) >= 11 is 0. The molecule has 4 nitrogen and oxygen atoms in total. The highest BCUT2D eigenvalue weighted by molar-refractivity contribution is 7.89. The summed E-state index contributed by atoms with van der Waals surface area (Å²) in [6.07, 6.45) is 3.34. The van der Waals surface area contributed by atoms with Crippen molar-refractivity contribution < 1.29 is 8.42 Å². The zero-order valence-electron chi connectivity index (χ0n) is 10.1. The largest absolute Gasteiger partial charge is 0.330 e. The van der Waals surface area contributed by atoms with Crippen molar-refractivity contribution in [1.29, 1.82) is 0 Å². The van der Waals surface area contributed by atoms with E-state index in [2.05, 4.69) is 6.92 Å². The molecular weight excluding hydrogens is 212 g/mol. The van der Waals surface area contributed by atoms with Crippen LogP contribution in [0.3, 0.4) is 0 Å². The number of nitrogens with zero attached hydrogens (tertiary/aromatic N) is 1. The van der Waals surface area contributed by atoms with Gasteiger partial charge in [-0.05, 0) is 32.7 Å². The molecule has 0 amide bonds. The molecule has 0 aliphatic rings. The minimum absolute atomic E-state index is 0.0953. The van der Waals surface area contributed by atoms with Crippen molar-refractivity contribution in [3.8, 4) is 0 Å². The molecule has 0 bridgehead atoms. The van der Waals surface area contributed by atoms with Crippen LogP contribution in [0.4, 0.5) is 0 Å². The first-order chi connectivity index (χ1) is 6.95. The molecule has 0 saturated carbocycles. The molecular formula is C10H24N2O2S. The average molecular weight is 236 g/mol. The van der Waals surface area contributed by atoms with Gasteiger partial charge in [0.05, 0.1) is 5.75 Å². The van der Waals surface area contributed by atoms with E-state index in [1.807, 2.05) is 6.92 Å². The van der Waals surface area contributed by atoms with Crippen molar-refractivity contribution in [3.63, 3.8) is 0 Å². The van der Waals surface area contributed by atoms with Crippen molar-refractivity contribution in [2.75, 3.05) is 19.3 Å². The predicted molar refractivity (Wildman–Crippen MR) is 64.2 cm³/mol. The zero-order chi connectivity index (χ0) is 11.9. The van der Waals surface area contributed by atoms with E-state index in [9.17, 15) is 8.42 Å². The minimum Gasteiger partial charge on any atom is -0.330 e. The van der Waals surface area contributed by atoms with E-state index in [4.69, 9.17) is 5.73 Å². The van der Waals surface area contributed by atoms with Gasteiger partial charge >= 0.3 is 0 Å². The second kappa shape index (κ2) is 7.19. The van der Waals surface area contributed by atoms with E-state index in [1.54, 1.807) is 7.05 Å². The number of unbranched alkanes of at least 4 members (excludes halogenated alkanes) is 1. The second-order valence-corrected chi connectivity index (χ2v) is 6.11. The third-order valence-corrected chi connectivity index (χ3v) is 4.66. The van der Waals surface area contributed by atoms with Crippen LogP contribution in [0.5, 0.6) is 0 Å². The van der Waals surface area contributed by atoms with Crippen molar-refractivity contribution in [1.82, 2.24) is 4.31 Å². The highest BCUT2D eigenvalue weighted by atomic mass is 32.2. The fraction of sp³-hybridized carbons (Fsp3) is 1.00. The number of sulfonamides is 1. The first kappa shape index (κ1) is 14.9. The summed E-state index contributed by atoms with van der Waals surface area (Å²) in [6.45, 7) is 4.57. The Morgan fingerprint density at radius 2 is 1.93 bits per heavy atom. The maximum Gasteiger partial charge on any atom is 0.214 e. The molecule has 0 heterocycles. The molecule has 0 aliphatic heterocycles. The Hall–Kier alpha value is -0.130. The molecule has 15 heavy (non-hydrogen) atoms. The number of rotatable bonds is 8. The van der Waals surface area contributed by atoms with Crippen molar-refractivity contribution >= 4 is 10.0 Å². The molecule has 0 aromatic carbocycles. The molecule has 2 N–H and O–H groups in total. The topological polar surface area (TPSA) is 63.4 Å². The second-order valence-electron chi connectivity index (χ2n) is 3.97. The van der Waals surface area contributed by atoms with E-state index in [1.165, 1.54) is 4.31 Å².